The number of ketones is 2. The fourth-order valence-electron chi connectivity index (χ4n) is 3.89. The summed E-state index contributed by atoms with van der Waals surface area (Å²) in [7, 11) is 1.29. The van der Waals surface area contributed by atoms with E-state index in [0.29, 0.717) is 12.5 Å². The largest absolute Gasteiger partial charge is 0.354 e. The minimum atomic E-state index is -1.27. The van der Waals surface area contributed by atoms with E-state index in [1.165, 1.54) is 25.4 Å². The first-order valence-electron chi connectivity index (χ1n) is 12.7. The second-order valence-corrected chi connectivity index (χ2v) is 9.11. The van der Waals surface area contributed by atoms with Crippen LogP contribution in [-0.2, 0) is 35.3 Å². The molecule has 0 saturated carbocycles. The van der Waals surface area contributed by atoms with E-state index in [9.17, 15) is 33.6 Å². The lowest BCUT2D eigenvalue weighted by molar-refractivity contribution is -0.138. The maximum Gasteiger partial charge on any atom is 0.287 e. The highest BCUT2D eigenvalue weighted by Gasteiger charge is 2.31. The lowest BCUT2D eigenvalue weighted by Gasteiger charge is -2.20. The zero-order valence-electron chi connectivity index (χ0n) is 21.9. The van der Waals surface area contributed by atoms with Crippen molar-refractivity contribution in [3.63, 3.8) is 0 Å². The lowest BCUT2D eigenvalue weighted by Crippen LogP contribution is -2.50. The van der Waals surface area contributed by atoms with Crippen molar-refractivity contribution in [3.05, 3.63) is 28.7 Å². The van der Waals surface area contributed by atoms with E-state index in [1.807, 2.05) is 13.8 Å². The summed E-state index contributed by atoms with van der Waals surface area (Å²) in [5.74, 6) is -3.21. The van der Waals surface area contributed by atoms with Crippen LogP contribution in [0, 0.1) is 5.92 Å². The molecule has 2 unspecified atom stereocenters. The standard InChI is InChI=1S/C25H36N6O7/c1-4-15(5-2)12-28-21(34)14-31-10-6-7-18(25(31)38)30-22(35)17(8-9-20(33)24(37)26-3)29-23(36)19-11-16(32)13-27-19/h6-7,10,15,17,19,27H,4-5,8-9,11-14H2,1-3H3,(H,26,37)(H,28,34)(H,29,36)(H,30,35). The maximum absolute atomic E-state index is 13.1. The number of likely N-dealkylation sites (N-methyl/N-ethyl adjacent to an activating group) is 1. The minimum Gasteiger partial charge on any atom is -0.354 e. The number of Topliss-reactive ketones (excluding diaryl/α,β-unsaturated/α-hetero) is 2. The molecule has 1 aromatic rings. The number of carbonyl (C=O) groups is 6. The Balaban J connectivity index is 2.12. The van der Waals surface area contributed by atoms with Crippen LogP contribution < -0.4 is 32.1 Å². The average molecular weight is 533 g/mol. The number of rotatable bonds is 14. The van der Waals surface area contributed by atoms with Crippen LogP contribution in [0.15, 0.2) is 23.1 Å². The lowest BCUT2D eigenvalue weighted by atomic mass is 10.0. The van der Waals surface area contributed by atoms with Gasteiger partial charge < -0.3 is 25.8 Å². The van der Waals surface area contributed by atoms with Gasteiger partial charge in [-0.25, -0.2) is 0 Å². The van der Waals surface area contributed by atoms with Gasteiger partial charge in [0.2, 0.25) is 23.5 Å². The monoisotopic (exact) mass is 532 g/mol. The smallest absolute Gasteiger partial charge is 0.287 e. The Labute approximate surface area is 220 Å². The van der Waals surface area contributed by atoms with Crippen molar-refractivity contribution < 1.29 is 28.8 Å². The Morgan fingerprint density at radius 1 is 1.13 bits per heavy atom. The number of aromatic nitrogens is 1. The second-order valence-electron chi connectivity index (χ2n) is 9.11. The molecule has 208 valence electrons. The zero-order chi connectivity index (χ0) is 28.2. The van der Waals surface area contributed by atoms with Gasteiger partial charge in [-0.15, -0.1) is 0 Å². The fourth-order valence-corrected chi connectivity index (χ4v) is 3.89. The molecule has 1 fully saturated rings. The summed E-state index contributed by atoms with van der Waals surface area (Å²) < 4.78 is 1.15. The maximum atomic E-state index is 13.1. The molecule has 4 amide bonds. The summed E-state index contributed by atoms with van der Waals surface area (Å²) >= 11 is 0. The highest BCUT2D eigenvalue weighted by Crippen LogP contribution is 2.08. The van der Waals surface area contributed by atoms with Gasteiger partial charge in [-0.3, -0.25) is 38.9 Å². The van der Waals surface area contributed by atoms with Crippen LogP contribution in [-0.4, -0.2) is 72.0 Å². The molecular weight excluding hydrogens is 496 g/mol. The first-order valence-corrected chi connectivity index (χ1v) is 12.7. The molecule has 38 heavy (non-hydrogen) atoms. The highest BCUT2D eigenvalue weighted by atomic mass is 16.2. The second kappa shape index (κ2) is 14.8. The molecule has 0 aliphatic carbocycles. The van der Waals surface area contributed by atoms with Crippen LogP contribution in [0.25, 0.3) is 0 Å². The molecule has 1 aliphatic heterocycles. The molecule has 1 saturated heterocycles. The SMILES string of the molecule is CCC(CC)CNC(=O)Cn1cccc(NC(=O)C(CCC(=O)C(=O)NC)NC(=O)C2CC(=O)CN2)c1=O. The first kappa shape index (κ1) is 30.4. The summed E-state index contributed by atoms with van der Waals surface area (Å²) in [6.45, 7) is 4.34. The first-order chi connectivity index (χ1) is 18.1. The van der Waals surface area contributed by atoms with Gasteiger partial charge in [0.15, 0.2) is 0 Å². The van der Waals surface area contributed by atoms with Crippen molar-refractivity contribution in [2.24, 2.45) is 5.92 Å². The molecule has 5 N–H and O–H groups in total. The quantitative estimate of drug-likeness (QED) is 0.186. The Bertz CT molecular complexity index is 1110. The van der Waals surface area contributed by atoms with Gasteiger partial charge >= 0.3 is 0 Å². The molecule has 0 aromatic carbocycles. The summed E-state index contributed by atoms with van der Waals surface area (Å²) in [5.41, 5.74) is -0.760. The molecule has 13 nitrogen and oxygen atoms in total. The van der Waals surface area contributed by atoms with E-state index in [4.69, 9.17) is 0 Å². The summed E-state index contributed by atoms with van der Waals surface area (Å²) in [6.07, 6.45) is 2.64. The van der Waals surface area contributed by atoms with Crippen molar-refractivity contribution in [1.29, 1.82) is 0 Å². The molecular formula is C25H36N6O7. The highest BCUT2D eigenvalue weighted by molar-refractivity contribution is 6.36. The zero-order valence-corrected chi connectivity index (χ0v) is 21.9. The van der Waals surface area contributed by atoms with Gasteiger partial charge in [-0.05, 0) is 24.5 Å². The van der Waals surface area contributed by atoms with Crippen molar-refractivity contribution in [1.82, 2.24) is 25.8 Å². The van der Waals surface area contributed by atoms with Crippen molar-refractivity contribution in [2.45, 2.75) is 64.6 Å². The van der Waals surface area contributed by atoms with Gasteiger partial charge in [0.05, 0.1) is 12.6 Å². The summed E-state index contributed by atoms with van der Waals surface area (Å²) in [6, 6.07) is 0.733. The molecule has 0 spiro atoms. The van der Waals surface area contributed by atoms with Gasteiger partial charge in [0.1, 0.15) is 24.1 Å². The minimum absolute atomic E-state index is 0.0266. The van der Waals surface area contributed by atoms with Crippen LogP contribution in [0.2, 0.25) is 0 Å². The van der Waals surface area contributed by atoms with Crippen molar-refractivity contribution >= 4 is 40.9 Å². The molecule has 2 atom stereocenters. The predicted octanol–water partition coefficient (Wildman–Crippen LogP) is -1.15. The van der Waals surface area contributed by atoms with Crippen LogP contribution in [0.4, 0.5) is 5.69 Å². The Morgan fingerprint density at radius 3 is 2.45 bits per heavy atom. The number of anilines is 1. The van der Waals surface area contributed by atoms with Crippen LogP contribution in [0.1, 0.15) is 46.0 Å². The van der Waals surface area contributed by atoms with E-state index in [-0.39, 0.29) is 49.7 Å². The number of carbonyl (C=O) groups excluding carboxylic acids is 6. The molecule has 0 radical (unpaired) electrons. The van der Waals surface area contributed by atoms with E-state index >= 15 is 0 Å². The van der Waals surface area contributed by atoms with Gasteiger partial charge in [-0.1, -0.05) is 26.7 Å². The Kier molecular flexibility index (Phi) is 11.8. The molecule has 2 rings (SSSR count). The number of amides is 4. The summed E-state index contributed by atoms with van der Waals surface area (Å²) in [4.78, 5) is 86.0. The van der Waals surface area contributed by atoms with Crippen LogP contribution >= 0.6 is 0 Å². The van der Waals surface area contributed by atoms with Crippen LogP contribution in [0.3, 0.4) is 0 Å². The number of nitrogens with one attached hydrogen (secondary N) is 5. The third-order valence-corrected chi connectivity index (χ3v) is 6.40. The number of pyridine rings is 1. The van der Waals surface area contributed by atoms with E-state index < -0.39 is 41.1 Å². The summed E-state index contributed by atoms with van der Waals surface area (Å²) in [5, 5.41) is 12.7. The molecule has 13 heteroatoms. The Morgan fingerprint density at radius 2 is 1.84 bits per heavy atom. The van der Waals surface area contributed by atoms with Crippen LogP contribution in [0.5, 0.6) is 0 Å². The molecule has 1 aromatic heterocycles. The topological polar surface area (TPSA) is 185 Å². The van der Waals surface area contributed by atoms with Gasteiger partial charge in [0.25, 0.3) is 11.5 Å². The van der Waals surface area contributed by atoms with Gasteiger partial charge in [-0.2, -0.15) is 0 Å². The third-order valence-electron chi connectivity index (χ3n) is 6.40. The predicted molar refractivity (Wildman–Crippen MR) is 138 cm³/mol. The van der Waals surface area contributed by atoms with E-state index in [1.54, 1.807) is 0 Å². The van der Waals surface area contributed by atoms with Gasteiger partial charge in [0, 0.05) is 32.6 Å². The molecule has 0 bridgehead atoms. The fraction of sp³-hybridized carbons (Fsp3) is 0.560. The third kappa shape index (κ3) is 8.91. The van der Waals surface area contributed by atoms with Crippen molar-refractivity contribution in [3.8, 4) is 0 Å². The van der Waals surface area contributed by atoms with Crippen molar-refractivity contribution in [2.75, 3.05) is 25.5 Å². The number of hydrogen-bond acceptors (Lipinski definition) is 8. The average Bonchev–Trinajstić information content (AvgIpc) is 3.34. The number of nitrogens with zero attached hydrogens (tertiary/aromatic N) is 1. The van der Waals surface area contributed by atoms with E-state index in [0.717, 1.165) is 17.4 Å². The van der Waals surface area contributed by atoms with E-state index in [2.05, 4.69) is 26.6 Å². The number of hydrogen-bond donors (Lipinski definition) is 5. The normalized spacial score (nSPS) is 15.6. The molecule has 2 heterocycles. The Hall–Kier alpha value is -3.87. The molecule has 1 aliphatic rings.